The number of ether oxygens (including phenoxy) is 2. The summed E-state index contributed by atoms with van der Waals surface area (Å²) in [5, 5.41) is 9.16. The van der Waals surface area contributed by atoms with E-state index in [-0.39, 0.29) is 5.56 Å². The Morgan fingerprint density at radius 1 is 0.821 bits per heavy atom. The second-order valence-electron chi connectivity index (χ2n) is 6.41. The molecule has 0 aromatic heterocycles. The van der Waals surface area contributed by atoms with Crippen molar-refractivity contribution in [1.82, 2.24) is 0 Å². The lowest BCUT2D eigenvalue weighted by atomic mass is 10.1. The second-order valence-corrected chi connectivity index (χ2v) is 6.41. The SMILES string of the molecule is COc1cccc(CN(Cc2cccc(OC)c2)c2ccc(C(=O)O)cc2)c1. The van der Waals surface area contributed by atoms with Crippen LogP contribution in [0.4, 0.5) is 5.69 Å². The molecule has 0 aliphatic heterocycles. The van der Waals surface area contributed by atoms with E-state index in [9.17, 15) is 4.79 Å². The highest BCUT2D eigenvalue weighted by Gasteiger charge is 2.11. The van der Waals surface area contributed by atoms with Crippen molar-refractivity contribution in [3.63, 3.8) is 0 Å². The summed E-state index contributed by atoms with van der Waals surface area (Å²) in [6, 6.07) is 22.8. The molecule has 5 nitrogen and oxygen atoms in total. The molecule has 3 aromatic rings. The van der Waals surface area contributed by atoms with Gasteiger partial charge in [0.05, 0.1) is 19.8 Å². The maximum atomic E-state index is 11.2. The van der Waals surface area contributed by atoms with Crippen LogP contribution in [-0.2, 0) is 13.1 Å². The van der Waals surface area contributed by atoms with Crippen LogP contribution in [-0.4, -0.2) is 25.3 Å². The van der Waals surface area contributed by atoms with Crippen LogP contribution in [0.15, 0.2) is 72.8 Å². The first-order valence-corrected chi connectivity index (χ1v) is 8.93. The monoisotopic (exact) mass is 377 g/mol. The number of methoxy groups -OCH3 is 2. The van der Waals surface area contributed by atoms with Gasteiger partial charge in [0, 0.05) is 18.8 Å². The molecule has 1 N–H and O–H groups in total. The number of carboxylic acid groups (broad SMARTS) is 1. The van der Waals surface area contributed by atoms with E-state index in [1.165, 1.54) is 0 Å². The van der Waals surface area contributed by atoms with Gasteiger partial charge >= 0.3 is 5.97 Å². The predicted octanol–water partition coefficient (Wildman–Crippen LogP) is 4.61. The van der Waals surface area contributed by atoms with Crippen LogP contribution >= 0.6 is 0 Å². The summed E-state index contributed by atoms with van der Waals surface area (Å²) in [4.78, 5) is 13.4. The fourth-order valence-corrected chi connectivity index (χ4v) is 3.04. The molecule has 0 heterocycles. The van der Waals surface area contributed by atoms with Gasteiger partial charge in [-0.15, -0.1) is 0 Å². The molecule has 3 rings (SSSR count). The molecule has 0 saturated carbocycles. The Bertz CT molecular complexity index is 888. The first-order chi connectivity index (χ1) is 13.6. The van der Waals surface area contributed by atoms with Crippen LogP contribution in [0.1, 0.15) is 21.5 Å². The van der Waals surface area contributed by atoms with Crippen molar-refractivity contribution in [2.45, 2.75) is 13.1 Å². The number of anilines is 1. The summed E-state index contributed by atoms with van der Waals surface area (Å²) in [5.41, 5.74) is 3.41. The lowest BCUT2D eigenvalue weighted by Gasteiger charge is -2.26. The second kappa shape index (κ2) is 8.95. The number of nitrogens with zero attached hydrogens (tertiary/aromatic N) is 1. The number of rotatable bonds is 8. The van der Waals surface area contributed by atoms with Crippen molar-refractivity contribution >= 4 is 11.7 Å². The van der Waals surface area contributed by atoms with Crippen LogP contribution in [0.5, 0.6) is 11.5 Å². The Labute approximate surface area is 164 Å². The zero-order valence-electron chi connectivity index (χ0n) is 16.0. The normalized spacial score (nSPS) is 10.4. The summed E-state index contributed by atoms with van der Waals surface area (Å²) in [6.07, 6.45) is 0. The maximum Gasteiger partial charge on any atom is 0.335 e. The van der Waals surface area contributed by atoms with Gasteiger partial charge in [0.2, 0.25) is 0 Å². The van der Waals surface area contributed by atoms with E-state index in [0.29, 0.717) is 13.1 Å². The highest BCUT2D eigenvalue weighted by Crippen LogP contribution is 2.24. The van der Waals surface area contributed by atoms with Crippen LogP contribution in [0.25, 0.3) is 0 Å². The van der Waals surface area contributed by atoms with E-state index >= 15 is 0 Å². The molecule has 3 aromatic carbocycles. The molecule has 0 amide bonds. The topological polar surface area (TPSA) is 59.0 Å². The van der Waals surface area contributed by atoms with Gasteiger partial charge in [-0.2, -0.15) is 0 Å². The molecule has 0 spiro atoms. The average molecular weight is 377 g/mol. The van der Waals surface area contributed by atoms with Gasteiger partial charge in [-0.1, -0.05) is 24.3 Å². The van der Waals surface area contributed by atoms with E-state index in [1.807, 2.05) is 60.7 Å². The molecule has 0 radical (unpaired) electrons. The Morgan fingerprint density at radius 2 is 1.32 bits per heavy atom. The van der Waals surface area contributed by atoms with Gasteiger partial charge in [-0.3, -0.25) is 0 Å². The van der Waals surface area contributed by atoms with Crippen LogP contribution in [0.2, 0.25) is 0 Å². The number of hydrogen-bond acceptors (Lipinski definition) is 4. The lowest BCUT2D eigenvalue weighted by Crippen LogP contribution is -2.22. The molecular weight excluding hydrogens is 354 g/mol. The zero-order valence-corrected chi connectivity index (χ0v) is 16.0. The zero-order chi connectivity index (χ0) is 19.9. The lowest BCUT2D eigenvalue weighted by molar-refractivity contribution is 0.0697. The molecule has 28 heavy (non-hydrogen) atoms. The van der Waals surface area contributed by atoms with Crippen molar-refractivity contribution in [3.05, 3.63) is 89.5 Å². The predicted molar refractivity (Wildman–Crippen MR) is 109 cm³/mol. The minimum Gasteiger partial charge on any atom is -0.497 e. The first kappa shape index (κ1) is 19.3. The Morgan fingerprint density at radius 3 is 1.75 bits per heavy atom. The van der Waals surface area contributed by atoms with E-state index in [2.05, 4.69) is 4.90 Å². The average Bonchev–Trinajstić information content (AvgIpc) is 2.73. The third-order valence-corrected chi connectivity index (χ3v) is 4.49. The van der Waals surface area contributed by atoms with Gasteiger partial charge in [0.25, 0.3) is 0 Å². The summed E-state index contributed by atoms with van der Waals surface area (Å²) < 4.78 is 10.7. The van der Waals surface area contributed by atoms with Crippen LogP contribution in [0, 0.1) is 0 Å². The fraction of sp³-hybridized carbons (Fsp3) is 0.174. The fourth-order valence-electron chi connectivity index (χ4n) is 3.04. The molecule has 0 aliphatic carbocycles. The molecular formula is C23H23NO4. The molecule has 0 aliphatic rings. The van der Waals surface area contributed by atoms with Crippen molar-refractivity contribution in [2.24, 2.45) is 0 Å². The molecule has 0 bridgehead atoms. The Kier molecular flexibility index (Phi) is 6.17. The van der Waals surface area contributed by atoms with Crippen LogP contribution < -0.4 is 14.4 Å². The van der Waals surface area contributed by atoms with Crippen LogP contribution in [0.3, 0.4) is 0 Å². The Balaban J connectivity index is 1.91. The third-order valence-electron chi connectivity index (χ3n) is 4.49. The molecule has 144 valence electrons. The molecule has 0 fully saturated rings. The number of aromatic carboxylic acids is 1. The van der Waals surface area contributed by atoms with E-state index < -0.39 is 5.97 Å². The van der Waals surface area contributed by atoms with E-state index in [4.69, 9.17) is 14.6 Å². The number of carbonyl (C=O) groups is 1. The highest BCUT2D eigenvalue weighted by molar-refractivity contribution is 5.88. The van der Waals surface area contributed by atoms with Gasteiger partial charge in [-0.05, 0) is 59.7 Å². The third kappa shape index (κ3) is 4.82. The van der Waals surface area contributed by atoms with E-state index in [0.717, 1.165) is 28.3 Å². The smallest absolute Gasteiger partial charge is 0.335 e. The summed E-state index contributed by atoms with van der Waals surface area (Å²) >= 11 is 0. The van der Waals surface area contributed by atoms with Gasteiger partial charge < -0.3 is 19.5 Å². The molecule has 0 unspecified atom stereocenters. The minimum absolute atomic E-state index is 0.270. The molecule has 0 atom stereocenters. The van der Waals surface area contributed by atoms with Gasteiger partial charge in [0.15, 0.2) is 0 Å². The number of benzene rings is 3. The van der Waals surface area contributed by atoms with E-state index in [1.54, 1.807) is 26.4 Å². The standard InChI is InChI=1S/C23H23NO4/c1-27-21-7-3-5-17(13-21)15-24(16-18-6-4-8-22(14-18)28-2)20-11-9-19(10-12-20)23(25)26/h3-14H,15-16H2,1-2H3,(H,25,26). The number of carboxylic acids is 1. The maximum absolute atomic E-state index is 11.2. The highest BCUT2D eigenvalue weighted by atomic mass is 16.5. The largest absolute Gasteiger partial charge is 0.497 e. The van der Waals surface area contributed by atoms with Gasteiger partial charge in [-0.25, -0.2) is 4.79 Å². The Hall–Kier alpha value is -3.47. The quantitative estimate of drug-likeness (QED) is 0.621. The van der Waals surface area contributed by atoms with Crippen molar-refractivity contribution in [2.75, 3.05) is 19.1 Å². The van der Waals surface area contributed by atoms with Crippen molar-refractivity contribution in [1.29, 1.82) is 0 Å². The summed E-state index contributed by atoms with van der Waals surface area (Å²) in [7, 11) is 3.30. The van der Waals surface area contributed by atoms with Gasteiger partial charge in [0.1, 0.15) is 11.5 Å². The number of hydrogen-bond donors (Lipinski definition) is 1. The van der Waals surface area contributed by atoms with Crippen molar-refractivity contribution < 1.29 is 19.4 Å². The summed E-state index contributed by atoms with van der Waals surface area (Å²) in [5.74, 6) is 0.679. The molecule has 0 saturated heterocycles. The summed E-state index contributed by atoms with van der Waals surface area (Å²) in [6.45, 7) is 1.31. The minimum atomic E-state index is -0.932. The first-order valence-electron chi connectivity index (χ1n) is 8.93. The molecule has 5 heteroatoms. The van der Waals surface area contributed by atoms with Crippen molar-refractivity contribution in [3.8, 4) is 11.5 Å².